The molecule has 2 heterocycles. The molecule has 1 amide bonds. The van der Waals surface area contributed by atoms with Crippen molar-refractivity contribution >= 4 is 31.7 Å². The van der Waals surface area contributed by atoms with Crippen LogP contribution in [0.5, 0.6) is 5.75 Å². The van der Waals surface area contributed by atoms with E-state index in [4.69, 9.17) is 19.6 Å². The van der Waals surface area contributed by atoms with Gasteiger partial charge >= 0.3 is 13.8 Å². The molecule has 1 fully saturated rings. The van der Waals surface area contributed by atoms with Crippen molar-refractivity contribution in [2.45, 2.75) is 39.5 Å². The summed E-state index contributed by atoms with van der Waals surface area (Å²) >= 11 is 0. The molecule has 15 heteroatoms. The Hall–Kier alpha value is -4.62. The summed E-state index contributed by atoms with van der Waals surface area (Å²) in [5.74, 6) is -2.59. The number of aromatic nitrogens is 2. The van der Waals surface area contributed by atoms with E-state index in [1.165, 1.54) is 12.1 Å². The number of aryl methyl sites for hydroxylation is 1. The van der Waals surface area contributed by atoms with E-state index < -0.39 is 19.8 Å². The van der Waals surface area contributed by atoms with E-state index in [9.17, 15) is 28.4 Å². The van der Waals surface area contributed by atoms with E-state index in [2.05, 4.69) is 4.52 Å². The number of ether oxygens (including phenoxy) is 1. The number of imidazole rings is 1. The highest BCUT2D eigenvalue weighted by atomic mass is 31.2. The predicted molar refractivity (Wildman–Crippen MR) is 156 cm³/mol. The Bertz CT molecular complexity index is 1630. The maximum Gasteiger partial charge on any atom is 0.472 e. The van der Waals surface area contributed by atoms with Gasteiger partial charge in [0.05, 0.1) is 19.1 Å². The van der Waals surface area contributed by atoms with Gasteiger partial charge in [0.1, 0.15) is 17.7 Å². The zero-order valence-electron chi connectivity index (χ0n) is 24.7. The second-order valence-electron chi connectivity index (χ2n) is 9.93. The Labute approximate surface area is 258 Å². The van der Waals surface area contributed by atoms with Crippen molar-refractivity contribution in [3.8, 4) is 11.4 Å². The van der Waals surface area contributed by atoms with Crippen molar-refractivity contribution in [3.63, 3.8) is 0 Å². The summed E-state index contributed by atoms with van der Waals surface area (Å²) in [6.07, 6.45) is 7.74. The normalized spacial score (nSPS) is 15.1. The molecule has 1 atom stereocenters. The summed E-state index contributed by atoms with van der Waals surface area (Å²) < 4.78 is 37.9. The number of methoxy groups -OCH3 is 1. The molecule has 0 spiro atoms. The van der Waals surface area contributed by atoms with E-state index in [-0.39, 0.29) is 24.5 Å². The zero-order valence-corrected chi connectivity index (χ0v) is 25.6. The average molecular weight is 646 g/mol. The minimum absolute atomic E-state index is 0.0433. The number of benzene rings is 2. The molecule has 1 saturated heterocycles. The van der Waals surface area contributed by atoms with Crippen LogP contribution in [0.3, 0.4) is 0 Å². The zero-order chi connectivity index (χ0) is 33.3. The van der Waals surface area contributed by atoms with E-state index in [0.29, 0.717) is 42.1 Å². The lowest BCUT2D eigenvalue weighted by Crippen LogP contribution is -2.38. The number of phosphoric ester groups is 1. The highest BCUT2D eigenvalue weighted by molar-refractivity contribution is 7.46. The molecule has 0 aliphatic carbocycles. The van der Waals surface area contributed by atoms with Crippen LogP contribution in [0.4, 0.5) is 4.39 Å². The van der Waals surface area contributed by atoms with Crippen LogP contribution in [0.2, 0.25) is 0 Å². The Kier molecular flexibility index (Phi) is 11.9. The molecule has 0 unspecified atom stereocenters. The number of phosphoric acid groups is 1. The number of nitrogens with zero attached hydrogens (tertiary/aromatic N) is 3. The van der Waals surface area contributed by atoms with Gasteiger partial charge in [0, 0.05) is 25.1 Å². The first kappa shape index (κ1) is 34.9. The number of carbonyl (C=O) groups is 3. The number of halogens is 1. The summed E-state index contributed by atoms with van der Waals surface area (Å²) in [6.45, 7) is 4.07. The number of piperidine rings is 1. The number of carbonyl (C=O) groups excluding carboxylic acids is 2. The monoisotopic (exact) mass is 645 g/mol. The summed E-state index contributed by atoms with van der Waals surface area (Å²) in [7, 11) is -3.05. The van der Waals surface area contributed by atoms with E-state index in [1.54, 1.807) is 47.8 Å². The molecule has 1 aliphatic heterocycles. The Balaban J connectivity index is 0.000000610. The molecule has 240 valence electrons. The fraction of sp³-hybridized carbons (Fsp3) is 0.267. The average Bonchev–Trinajstić information content (AvgIpc) is 3.36. The van der Waals surface area contributed by atoms with E-state index in [0.717, 1.165) is 23.2 Å². The van der Waals surface area contributed by atoms with Crippen molar-refractivity contribution in [1.29, 1.82) is 0 Å². The number of rotatable bonds is 10. The number of carboxylic acid groups (broad SMARTS) is 2. The van der Waals surface area contributed by atoms with Gasteiger partial charge in [-0.1, -0.05) is 18.2 Å². The minimum Gasteiger partial charge on any atom is -0.545 e. The van der Waals surface area contributed by atoms with Crippen LogP contribution in [0, 0.1) is 12.7 Å². The van der Waals surface area contributed by atoms with Crippen LogP contribution in [0.1, 0.15) is 42.6 Å². The number of likely N-dealkylation sites (tertiary alicyclic amines) is 1. The van der Waals surface area contributed by atoms with E-state index >= 15 is 0 Å². The van der Waals surface area contributed by atoms with Crippen LogP contribution in [0.25, 0.3) is 11.8 Å². The molecular formula is C30H33FN3O10P. The second-order valence-corrected chi connectivity index (χ2v) is 11.2. The van der Waals surface area contributed by atoms with Crippen molar-refractivity contribution in [2.24, 2.45) is 0 Å². The van der Waals surface area contributed by atoms with Gasteiger partial charge in [-0.2, -0.15) is 4.57 Å². The SMILES string of the molecule is COc1cc(C=C2CCCN([C@@H](C)c3ccc(F)cc3)C2=O)ccc1-[n+]1cc(C)n(COP(=O)(O)O)c1.O=C([O-])C=CC(=O)O. The van der Waals surface area contributed by atoms with Crippen molar-refractivity contribution < 1.29 is 57.2 Å². The van der Waals surface area contributed by atoms with Gasteiger partial charge in [0.2, 0.25) is 12.6 Å². The molecule has 1 aromatic heterocycles. The molecule has 0 saturated carbocycles. The highest BCUT2D eigenvalue weighted by Crippen LogP contribution is 2.36. The van der Waals surface area contributed by atoms with Crippen LogP contribution in [-0.2, 0) is 30.2 Å². The third kappa shape index (κ3) is 10.2. The quantitative estimate of drug-likeness (QED) is 0.168. The number of amides is 1. The highest BCUT2D eigenvalue weighted by Gasteiger charge is 2.28. The van der Waals surface area contributed by atoms with Gasteiger partial charge in [-0.25, -0.2) is 22.8 Å². The lowest BCUT2D eigenvalue weighted by molar-refractivity contribution is -0.596. The van der Waals surface area contributed by atoms with Gasteiger partial charge in [-0.15, -0.1) is 0 Å². The molecular weight excluding hydrogens is 612 g/mol. The van der Waals surface area contributed by atoms with Crippen molar-refractivity contribution in [3.05, 3.63) is 95.4 Å². The third-order valence-electron chi connectivity index (χ3n) is 6.79. The molecule has 2 aromatic carbocycles. The van der Waals surface area contributed by atoms with Crippen molar-refractivity contribution in [2.75, 3.05) is 13.7 Å². The standard InChI is InChI=1S/C26H29FN3O6P.C4H4O4/c1-18-15-28(16-29(18)17-36-37(32,33)34)24-11-6-20(14-25(24)35-3)13-22-5-4-12-30(26(22)31)19(2)21-7-9-23(27)10-8-21;5-3(6)1-2-4(7)8/h6-11,13-16,19H,4-5,12,17H2,1-3H3,(H-,32,33,34);1-2H,(H,5,6)(H,7,8)/t19-;/m0./s1. The number of hydrogen-bond acceptors (Lipinski definition) is 7. The van der Waals surface area contributed by atoms with Crippen LogP contribution >= 0.6 is 7.82 Å². The van der Waals surface area contributed by atoms with Gasteiger partial charge in [-0.05, 0) is 67.3 Å². The van der Waals surface area contributed by atoms with Crippen LogP contribution in [-0.4, -0.2) is 55.9 Å². The van der Waals surface area contributed by atoms with Crippen LogP contribution < -0.4 is 14.4 Å². The first-order valence-corrected chi connectivity index (χ1v) is 15.1. The second kappa shape index (κ2) is 15.4. The Morgan fingerprint density at radius 3 is 2.44 bits per heavy atom. The third-order valence-corrected chi connectivity index (χ3v) is 7.25. The van der Waals surface area contributed by atoms with Gasteiger partial charge in [-0.3, -0.25) is 4.79 Å². The summed E-state index contributed by atoms with van der Waals surface area (Å²) in [5.41, 5.74) is 3.82. The Morgan fingerprint density at radius 1 is 1.18 bits per heavy atom. The van der Waals surface area contributed by atoms with Gasteiger partial charge in [0.25, 0.3) is 6.33 Å². The maximum absolute atomic E-state index is 13.3. The maximum atomic E-state index is 13.3. The molecule has 0 bridgehead atoms. The van der Waals surface area contributed by atoms with E-state index in [1.807, 2.05) is 36.1 Å². The molecule has 3 N–H and O–H groups in total. The molecule has 4 rings (SSSR count). The number of aliphatic carboxylic acids is 2. The summed E-state index contributed by atoms with van der Waals surface area (Å²) in [6, 6.07) is 11.6. The first-order valence-electron chi connectivity index (χ1n) is 13.5. The van der Waals surface area contributed by atoms with Crippen LogP contribution in [0.15, 0.2) is 72.7 Å². The summed E-state index contributed by atoms with van der Waals surface area (Å²) in [5, 5.41) is 17.2. The first-order chi connectivity index (χ1) is 21.2. The molecule has 1 aliphatic rings. The van der Waals surface area contributed by atoms with Gasteiger partial charge in [0.15, 0.2) is 11.4 Å². The molecule has 0 radical (unpaired) electrons. The molecule has 3 aromatic rings. The molecule has 45 heavy (non-hydrogen) atoms. The lowest BCUT2D eigenvalue weighted by Gasteiger charge is -2.34. The fourth-order valence-electron chi connectivity index (χ4n) is 4.55. The summed E-state index contributed by atoms with van der Waals surface area (Å²) in [4.78, 5) is 52.0. The van der Waals surface area contributed by atoms with Crippen molar-refractivity contribution in [1.82, 2.24) is 9.47 Å². The smallest absolute Gasteiger partial charge is 0.472 e. The lowest BCUT2D eigenvalue weighted by atomic mass is 9.97. The van der Waals surface area contributed by atoms with Gasteiger partial charge < -0.3 is 34.4 Å². The number of hydrogen-bond donors (Lipinski definition) is 3. The minimum atomic E-state index is -4.60. The predicted octanol–water partition coefficient (Wildman–Crippen LogP) is 2.43. The molecule has 13 nitrogen and oxygen atoms in total. The Morgan fingerprint density at radius 2 is 1.87 bits per heavy atom. The topological polar surface area (TPSA) is 183 Å². The number of carboxylic acids is 2. The fourth-order valence-corrected chi connectivity index (χ4v) is 4.82. The largest absolute Gasteiger partial charge is 0.545 e.